The molecule has 1 aliphatic rings. The Morgan fingerprint density at radius 3 is 2.44 bits per heavy atom. The zero-order chi connectivity index (χ0) is 12.3. The summed E-state index contributed by atoms with van der Waals surface area (Å²) in [7, 11) is 0. The lowest BCUT2D eigenvalue weighted by Crippen LogP contribution is -2.45. The second-order valence-electron chi connectivity index (χ2n) is 6.13. The Labute approximate surface area is 98.9 Å². The molecule has 0 aliphatic heterocycles. The summed E-state index contributed by atoms with van der Waals surface area (Å²) in [6, 6.07) is 0.819. The van der Waals surface area contributed by atoms with Crippen molar-refractivity contribution in [3.8, 4) is 0 Å². The summed E-state index contributed by atoms with van der Waals surface area (Å²) in [5.74, 6) is 0.728. The van der Waals surface area contributed by atoms with Crippen molar-refractivity contribution < 1.29 is 9.53 Å². The van der Waals surface area contributed by atoms with E-state index in [0.717, 1.165) is 5.92 Å². The van der Waals surface area contributed by atoms with E-state index in [0.29, 0.717) is 12.5 Å². The molecule has 0 aromatic rings. The Bertz CT molecular complexity index is 239. The molecule has 16 heavy (non-hydrogen) atoms. The minimum absolute atomic E-state index is 0.111. The molecule has 1 saturated carbocycles. The first-order chi connectivity index (χ1) is 7.26. The van der Waals surface area contributed by atoms with Crippen LogP contribution in [0.25, 0.3) is 0 Å². The molecule has 0 spiro atoms. The number of ether oxygens (including phenoxy) is 1. The summed E-state index contributed by atoms with van der Waals surface area (Å²) < 4.78 is 5.28. The van der Waals surface area contributed by atoms with E-state index in [4.69, 9.17) is 4.74 Å². The van der Waals surface area contributed by atoms with Crippen molar-refractivity contribution in [3.63, 3.8) is 0 Å². The molecule has 0 bridgehead atoms. The van der Waals surface area contributed by atoms with Gasteiger partial charge in [0.15, 0.2) is 0 Å². The molecule has 1 unspecified atom stereocenters. The van der Waals surface area contributed by atoms with Gasteiger partial charge in [0.1, 0.15) is 5.60 Å². The fourth-order valence-electron chi connectivity index (χ4n) is 2.13. The Morgan fingerprint density at radius 2 is 2.00 bits per heavy atom. The zero-order valence-electron chi connectivity index (χ0n) is 11.2. The van der Waals surface area contributed by atoms with Crippen LogP contribution in [0.1, 0.15) is 53.9 Å². The fraction of sp³-hybridized carbons (Fsp3) is 0.923. The van der Waals surface area contributed by atoms with Gasteiger partial charge in [-0.2, -0.15) is 0 Å². The molecule has 0 amide bonds. The van der Waals surface area contributed by atoms with Gasteiger partial charge in [-0.15, -0.1) is 0 Å². The van der Waals surface area contributed by atoms with Crippen LogP contribution in [0.15, 0.2) is 0 Å². The van der Waals surface area contributed by atoms with Crippen molar-refractivity contribution in [1.82, 2.24) is 5.32 Å². The van der Waals surface area contributed by atoms with Gasteiger partial charge in [0.05, 0.1) is 6.42 Å². The summed E-state index contributed by atoms with van der Waals surface area (Å²) in [6.07, 6.45) is 2.93. The average Bonchev–Trinajstić information content (AvgIpc) is 1.96. The smallest absolute Gasteiger partial charge is 0.307 e. The molecule has 1 atom stereocenters. The number of hydrogen-bond acceptors (Lipinski definition) is 3. The fourth-order valence-corrected chi connectivity index (χ4v) is 2.13. The SMILES string of the molecule is CC1CC(NC(C)CC(=O)OC(C)(C)C)C1. The molecule has 3 nitrogen and oxygen atoms in total. The van der Waals surface area contributed by atoms with E-state index >= 15 is 0 Å². The van der Waals surface area contributed by atoms with Crippen LogP contribution in [-0.4, -0.2) is 23.7 Å². The van der Waals surface area contributed by atoms with Crippen molar-refractivity contribution in [2.75, 3.05) is 0 Å². The van der Waals surface area contributed by atoms with Crippen molar-refractivity contribution in [2.45, 2.75) is 71.6 Å². The molecular formula is C13H25NO2. The van der Waals surface area contributed by atoms with E-state index in [1.165, 1.54) is 12.8 Å². The van der Waals surface area contributed by atoms with Gasteiger partial charge in [0.25, 0.3) is 0 Å². The lowest BCUT2D eigenvalue weighted by molar-refractivity contribution is -0.155. The third-order valence-corrected chi connectivity index (χ3v) is 2.79. The van der Waals surface area contributed by atoms with Crippen molar-refractivity contribution in [3.05, 3.63) is 0 Å². The predicted octanol–water partition coefficient (Wildman–Crippen LogP) is 2.49. The van der Waals surface area contributed by atoms with E-state index in [-0.39, 0.29) is 17.6 Å². The molecule has 94 valence electrons. The molecule has 0 radical (unpaired) electrons. The van der Waals surface area contributed by atoms with Gasteiger partial charge in [-0.1, -0.05) is 6.92 Å². The molecule has 1 fully saturated rings. The van der Waals surface area contributed by atoms with Crippen LogP contribution in [0.2, 0.25) is 0 Å². The van der Waals surface area contributed by atoms with Crippen LogP contribution < -0.4 is 5.32 Å². The maximum Gasteiger partial charge on any atom is 0.307 e. The van der Waals surface area contributed by atoms with Gasteiger partial charge in [-0.05, 0) is 46.5 Å². The van der Waals surface area contributed by atoms with Gasteiger partial charge in [0.2, 0.25) is 0 Å². The highest BCUT2D eigenvalue weighted by molar-refractivity contribution is 5.70. The highest BCUT2D eigenvalue weighted by atomic mass is 16.6. The standard InChI is InChI=1S/C13H25NO2/c1-9-6-11(7-9)14-10(2)8-12(15)16-13(3,4)5/h9-11,14H,6-8H2,1-5H3. The first-order valence-electron chi connectivity index (χ1n) is 6.24. The number of hydrogen-bond donors (Lipinski definition) is 1. The molecule has 3 heteroatoms. The first kappa shape index (κ1) is 13.5. The first-order valence-corrected chi connectivity index (χ1v) is 6.24. The second-order valence-corrected chi connectivity index (χ2v) is 6.13. The summed E-state index contributed by atoms with van der Waals surface area (Å²) in [4.78, 5) is 11.6. The second kappa shape index (κ2) is 5.17. The highest BCUT2D eigenvalue weighted by Crippen LogP contribution is 2.26. The Morgan fingerprint density at radius 1 is 1.44 bits per heavy atom. The minimum atomic E-state index is -0.373. The third-order valence-electron chi connectivity index (χ3n) is 2.79. The average molecular weight is 227 g/mol. The molecular weight excluding hydrogens is 202 g/mol. The van der Waals surface area contributed by atoms with Crippen molar-refractivity contribution in [1.29, 1.82) is 0 Å². The number of rotatable bonds is 4. The van der Waals surface area contributed by atoms with Crippen LogP contribution in [0, 0.1) is 5.92 Å². The van der Waals surface area contributed by atoms with Gasteiger partial charge in [-0.3, -0.25) is 4.79 Å². The normalized spacial score (nSPS) is 27.1. The lowest BCUT2D eigenvalue weighted by atomic mass is 9.81. The quantitative estimate of drug-likeness (QED) is 0.750. The predicted molar refractivity (Wildman–Crippen MR) is 65.2 cm³/mol. The number of carbonyl (C=O) groups excluding carboxylic acids is 1. The Balaban J connectivity index is 2.18. The van der Waals surface area contributed by atoms with Crippen LogP contribution in [0.5, 0.6) is 0 Å². The van der Waals surface area contributed by atoms with E-state index in [1.54, 1.807) is 0 Å². The van der Waals surface area contributed by atoms with Crippen LogP contribution in [0.4, 0.5) is 0 Å². The minimum Gasteiger partial charge on any atom is -0.460 e. The van der Waals surface area contributed by atoms with Gasteiger partial charge >= 0.3 is 5.97 Å². The van der Waals surface area contributed by atoms with Crippen LogP contribution in [0.3, 0.4) is 0 Å². The molecule has 1 aliphatic carbocycles. The van der Waals surface area contributed by atoms with Crippen molar-refractivity contribution >= 4 is 5.97 Å². The number of nitrogens with one attached hydrogen (secondary N) is 1. The summed E-state index contributed by atoms with van der Waals surface area (Å²) in [5.41, 5.74) is -0.373. The highest BCUT2D eigenvalue weighted by Gasteiger charge is 2.27. The van der Waals surface area contributed by atoms with Crippen LogP contribution in [-0.2, 0) is 9.53 Å². The van der Waals surface area contributed by atoms with E-state index in [2.05, 4.69) is 12.2 Å². The lowest BCUT2D eigenvalue weighted by Gasteiger charge is -2.35. The largest absolute Gasteiger partial charge is 0.460 e. The summed E-state index contributed by atoms with van der Waals surface area (Å²) in [5, 5.41) is 3.46. The molecule has 0 heterocycles. The number of carbonyl (C=O) groups is 1. The monoisotopic (exact) mass is 227 g/mol. The van der Waals surface area contributed by atoms with E-state index in [1.807, 2.05) is 27.7 Å². The third kappa shape index (κ3) is 4.97. The van der Waals surface area contributed by atoms with Gasteiger partial charge in [0, 0.05) is 12.1 Å². The Hall–Kier alpha value is -0.570. The van der Waals surface area contributed by atoms with E-state index in [9.17, 15) is 4.79 Å². The Kier molecular flexibility index (Phi) is 4.36. The van der Waals surface area contributed by atoms with Crippen molar-refractivity contribution in [2.24, 2.45) is 5.92 Å². The topological polar surface area (TPSA) is 38.3 Å². The molecule has 0 aromatic heterocycles. The maximum absolute atomic E-state index is 11.6. The van der Waals surface area contributed by atoms with Gasteiger partial charge < -0.3 is 10.1 Å². The number of esters is 1. The van der Waals surface area contributed by atoms with E-state index < -0.39 is 0 Å². The molecule has 1 N–H and O–H groups in total. The molecule has 0 saturated heterocycles. The van der Waals surface area contributed by atoms with Gasteiger partial charge in [-0.25, -0.2) is 0 Å². The molecule has 1 rings (SSSR count). The molecule has 0 aromatic carbocycles. The summed E-state index contributed by atoms with van der Waals surface area (Å²) in [6.45, 7) is 10.0. The zero-order valence-corrected chi connectivity index (χ0v) is 11.2. The summed E-state index contributed by atoms with van der Waals surface area (Å²) >= 11 is 0. The maximum atomic E-state index is 11.6. The van der Waals surface area contributed by atoms with Crippen LogP contribution >= 0.6 is 0 Å².